The van der Waals surface area contributed by atoms with Crippen LogP contribution in [-0.2, 0) is 6.54 Å². The Labute approximate surface area is 112 Å². The van der Waals surface area contributed by atoms with Gasteiger partial charge in [0.15, 0.2) is 5.82 Å². The third-order valence-corrected chi connectivity index (χ3v) is 4.19. The van der Waals surface area contributed by atoms with Gasteiger partial charge in [0.2, 0.25) is 0 Å². The molecule has 2 heterocycles. The maximum absolute atomic E-state index is 12.2. The van der Waals surface area contributed by atoms with E-state index >= 15 is 0 Å². The number of nitrogens with zero attached hydrogens (tertiary/aromatic N) is 2. The molecule has 1 unspecified atom stereocenters. The predicted octanol–water partition coefficient (Wildman–Crippen LogP) is 2.21. The third-order valence-electron chi connectivity index (χ3n) is 2.98. The summed E-state index contributed by atoms with van der Waals surface area (Å²) in [6.07, 6.45) is 5.83. The second-order valence-corrected chi connectivity index (χ2v) is 6.34. The molecule has 4 nitrogen and oxygen atoms in total. The molecule has 1 N–H and O–H groups in total. The van der Waals surface area contributed by atoms with Crippen LogP contribution in [0.25, 0.3) is 0 Å². The molecule has 2 rings (SSSR count). The van der Waals surface area contributed by atoms with Crippen molar-refractivity contribution in [1.29, 1.82) is 0 Å². The Kier molecular flexibility index (Phi) is 4.69. The molecule has 18 heavy (non-hydrogen) atoms. The summed E-state index contributed by atoms with van der Waals surface area (Å²) in [4.78, 5) is 16.4. The van der Waals surface area contributed by atoms with E-state index in [1.54, 1.807) is 17.0 Å². The summed E-state index contributed by atoms with van der Waals surface area (Å²) in [7, 11) is 0. The minimum atomic E-state index is 0.00164. The van der Waals surface area contributed by atoms with Gasteiger partial charge in [-0.15, -0.1) is 0 Å². The number of aromatic nitrogens is 2. The van der Waals surface area contributed by atoms with Crippen LogP contribution in [0.5, 0.6) is 0 Å². The van der Waals surface area contributed by atoms with E-state index in [-0.39, 0.29) is 5.56 Å². The standard InChI is InChI=1S/C13H21N3OS/c1-10(2)8-16-6-5-14-12(13(16)17)15-11-4-3-7-18-9-11/h5-6,10-11H,3-4,7-9H2,1-2H3,(H,14,15). The molecule has 0 aliphatic carbocycles. The fourth-order valence-electron chi connectivity index (χ4n) is 2.13. The summed E-state index contributed by atoms with van der Waals surface area (Å²) < 4.78 is 1.75. The van der Waals surface area contributed by atoms with Crippen LogP contribution < -0.4 is 10.9 Å². The van der Waals surface area contributed by atoms with Crippen molar-refractivity contribution in [3.63, 3.8) is 0 Å². The quantitative estimate of drug-likeness (QED) is 0.908. The molecule has 0 amide bonds. The van der Waals surface area contributed by atoms with Crippen LogP contribution >= 0.6 is 11.8 Å². The van der Waals surface area contributed by atoms with Gasteiger partial charge in [-0.1, -0.05) is 13.8 Å². The van der Waals surface area contributed by atoms with E-state index in [2.05, 4.69) is 24.1 Å². The third kappa shape index (κ3) is 3.51. The van der Waals surface area contributed by atoms with Gasteiger partial charge < -0.3 is 9.88 Å². The molecule has 1 aromatic rings. The van der Waals surface area contributed by atoms with Gasteiger partial charge in [0.25, 0.3) is 5.56 Å². The molecule has 1 fully saturated rings. The van der Waals surface area contributed by atoms with E-state index in [1.807, 2.05) is 11.8 Å². The van der Waals surface area contributed by atoms with Gasteiger partial charge >= 0.3 is 0 Å². The number of hydrogen-bond acceptors (Lipinski definition) is 4. The zero-order chi connectivity index (χ0) is 13.0. The molecular weight excluding hydrogens is 246 g/mol. The molecule has 1 aliphatic rings. The van der Waals surface area contributed by atoms with E-state index in [0.717, 1.165) is 18.7 Å². The van der Waals surface area contributed by atoms with E-state index < -0.39 is 0 Å². The van der Waals surface area contributed by atoms with Crippen LogP contribution in [0, 0.1) is 5.92 Å². The SMILES string of the molecule is CC(C)Cn1ccnc(NC2CCCSC2)c1=O. The van der Waals surface area contributed by atoms with E-state index in [4.69, 9.17) is 0 Å². The first-order chi connectivity index (χ1) is 8.66. The Bertz CT molecular complexity index is 438. The highest BCUT2D eigenvalue weighted by molar-refractivity contribution is 7.99. The Hall–Kier alpha value is -0.970. The lowest BCUT2D eigenvalue weighted by Gasteiger charge is -2.22. The molecule has 1 aliphatic heterocycles. The average Bonchev–Trinajstić information content (AvgIpc) is 2.35. The normalized spacial score (nSPS) is 20.1. The molecule has 0 aromatic carbocycles. The topological polar surface area (TPSA) is 46.9 Å². The van der Waals surface area contributed by atoms with E-state index in [0.29, 0.717) is 17.8 Å². The average molecular weight is 267 g/mol. The van der Waals surface area contributed by atoms with Crippen molar-refractivity contribution in [1.82, 2.24) is 9.55 Å². The number of anilines is 1. The summed E-state index contributed by atoms with van der Waals surface area (Å²) in [5.41, 5.74) is 0.00164. The van der Waals surface area contributed by atoms with E-state index in [1.165, 1.54) is 12.2 Å². The highest BCUT2D eigenvalue weighted by Crippen LogP contribution is 2.18. The lowest BCUT2D eigenvalue weighted by Crippen LogP contribution is -2.32. The van der Waals surface area contributed by atoms with Crippen molar-refractivity contribution in [2.75, 3.05) is 16.8 Å². The zero-order valence-electron chi connectivity index (χ0n) is 11.1. The van der Waals surface area contributed by atoms with Gasteiger partial charge in [-0.2, -0.15) is 11.8 Å². The molecule has 0 radical (unpaired) electrons. The fraction of sp³-hybridized carbons (Fsp3) is 0.692. The van der Waals surface area contributed by atoms with Gasteiger partial charge in [0.1, 0.15) is 0 Å². The first-order valence-electron chi connectivity index (χ1n) is 6.56. The highest BCUT2D eigenvalue weighted by atomic mass is 32.2. The smallest absolute Gasteiger partial charge is 0.293 e. The van der Waals surface area contributed by atoms with Crippen molar-refractivity contribution in [2.24, 2.45) is 5.92 Å². The van der Waals surface area contributed by atoms with Crippen LogP contribution in [0.1, 0.15) is 26.7 Å². The summed E-state index contributed by atoms with van der Waals surface area (Å²) in [6, 6.07) is 0.388. The number of nitrogens with one attached hydrogen (secondary N) is 1. The first-order valence-corrected chi connectivity index (χ1v) is 7.72. The Morgan fingerprint density at radius 1 is 1.61 bits per heavy atom. The number of rotatable bonds is 4. The first kappa shape index (κ1) is 13.5. The number of thioether (sulfide) groups is 1. The molecule has 0 saturated carbocycles. The Morgan fingerprint density at radius 2 is 2.44 bits per heavy atom. The minimum Gasteiger partial charge on any atom is -0.362 e. The second-order valence-electron chi connectivity index (χ2n) is 5.19. The monoisotopic (exact) mass is 267 g/mol. The van der Waals surface area contributed by atoms with Crippen LogP contribution in [-0.4, -0.2) is 27.1 Å². The Balaban J connectivity index is 2.10. The number of hydrogen-bond donors (Lipinski definition) is 1. The van der Waals surface area contributed by atoms with Crippen LogP contribution in [0.15, 0.2) is 17.2 Å². The molecule has 0 spiro atoms. The lowest BCUT2D eigenvalue weighted by atomic mass is 10.2. The second kappa shape index (κ2) is 6.27. The molecule has 1 aromatic heterocycles. The van der Waals surface area contributed by atoms with Gasteiger partial charge in [-0.3, -0.25) is 4.79 Å². The fourth-order valence-corrected chi connectivity index (χ4v) is 3.20. The van der Waals surface area contributed by atoms with Gasteiger partial charge in [-0.25, -0.2) is 4.98 Å². The van der Waals surface area contributed by atoms with Crippen LogP contribution in [0.2, 0.25) is 0 Å². The molecule has 0 bridgehead atoms. The summed E-state index contributed by atoms with van der Waals surface area (Å²) in [6.45, 7) is 4.96. The van der Waals surface area contributed by atoms with E-state index in [9.17, 15) is 4.79 Å². The maximum Gasteiger partial charge on any atom is 0.293 e. The van der Waals surface area contributed by atoms with Gasteiger partial charge in [0.05, 0.1) is 0 Å². The van der Waals surface area contributed by atoms with Crippen LogP contribution in [0.4, 0.5) is 5.82 Å². The molecule has 1 saturated heterocycles. The summed E-state index contributed by atoms with van der Waals surface area (Å²) in [5.74, 6) is 3.27. The van der Waals surface area contributed by atoms with Crippen molar-refractivity contribution in [3.05, 3.63) is 22.7 Å². The van der Waals surface area contributed by atoms with Crippen LogP contribution in [0.3, 0.4) is 0 Å². The van der Waals surface area contributed by atoms with Gasteiger partial charge in [-0.05, 0) is 24.5 Å². The van der Waals surface area contributed by atoms with Crippen molar-refractivity contribution < 1.29 is 0 Å². The highest BCUT2D eigenvalue weighted by Gasteiger charge is 2.16. The minimum absolute atomic E-state index is 0.00164. The van der Waals surface area contributed by atoms with Gasteiger partial charge in [0, 0.05) is 30.7 Å². The summed E-state index contributed by atoms with van der Waals surface area (Å²) in [5, 5.41) is 3.30. The van der Waals surface area contributed by atoms with Crippen molar-refractivity contribution in [2.45, 2.75) is 39.3 Å². The zero-order valence-corrected chi connectivity index (χ0v) is 11.9. The molecule has 1 atom stereocenters. The molecule has 100 valence electrons. The predicted molar refractivity (Wildman–Crippen MR) is 77.3 cm³/mol. The molecule has 5 heteroatoms. The lowest BCUT2D eigenvalue weighted by molar-refractivity contribution is 0.509. The molecular formula is C13H21N3OS. The largest absolute Gasteiger partial charge is 0.362 e. The maximum atomic E-state index is 12.2. The van der Waals surface area contributed by atoms with Crippen molar-refractivity contribution in [3.8, 4) is 0 Å². The summed E-state index contributed by atoms with van der Waals surface area (Å²) >= 11 is 1.94. The van der Waals surface area contributed by atoms with Crippen molar-refractivity contribution >= 4 is 17.6 Å². The Morgan fingerprint density at radius 3 is 3.11 bits per heavy atom.